The summed E-state index contributed by atoms with van der Waals surface area (Å²) in [4.78, 5) is 0. The monoisotopic (exact) mass is 667 g/mol. The van der Waals surface area contributed by atoms with Crippen molar-refractivity contribution in [2.75, 3.05) is 0 Å². The molecule has 0 saturated carbocycles. The van der Waals surface area contributed by atoms with Gasteiger partial charge in [0.15, 0.2) is 0 Å². The second kappa shape index (κ2) is 12.0. The lowest BCUT2D eigenvalue weighted by Gasteiger charge is -2.18. The second-order valence-corrected chi connectivity index (χ2v) is 11.7. The van der Waals surface area contributed by atoms with Crippen molar-refractivity contribution in [3.8, 4) is 55.6 Å². The Morgan fingerprint density at radius 1 is 0.333 bits per heavy atom. The Kier molecular flexibility index (Phi) is 3.74. The van der Waals surface area contributed by atoms with E-state index in [1.165, 1.54) is 0 Å². The Morgan fingerprint density at radius 2 is 0.843 bits per heavy atom. The first-order valence-electron chi connectivity index (χ1n) is 25.5. The minimum atomic E-state index is -0.837. The van der Waals surface area contributed by atoms with Gasteiger partial charge in [-0.3, -0.25) is 0 Å². The highest BCUT2D eigenvalue weighted by Gasteiger charge is 2.20. The summed E-state index contributed by atoms with van der Waals surface area (Å²) in [7, 11) is 0. The minimum absolute atomic E-state index is 0.0507. The standard InChI is InChI=1S/C50H32O/c1-3-12-33(13-4-1)35-22-24-36(25-23-35)37-26-28-38(29-27-37)48-40-16-7-9-18-42(40)49(43-19-10-8-17-41(43)48)44-20-11-21-47-50(44)45-32-39(30-31-46(45)51-47)34-14-5-2-6-15-34/h1-32H/i1D,3D,4D,11D,12D,13D,20D,21D,22D,23D,24D,25D,26D,27D,28D,29D,30D,31D,32D. The summed E-state index contributed by atoms with van der Waals surface area (Å²) in [6.45, 7) is 0. The van der Waals surface area contributed by atoms with Crippen LogP contribution in [0.15, 0.2) is 198 Å². The summed E-state index contributed by atoms with van der Waals surface area (Å²) in [6.07, 6.45) is 0. The lowest BCUT2D eigenvalue weighted by molar-refractivity contribution is 0.669. The molecular formula is C50H32O. The van der Waals surface area contributed by atoms with E-state index in [-0.39, 0.29) is 62.3 Å². The minimum Gasteiger partial charge on any atom is -0.456 e. The molecule has 10 aromatic rings. The largest absolute Gasteiger partial charge is 0.456 e. The third-order valence-electron chi connectivity index (χ3n) is 8.82. The summed E-state index contributed by atoms with van der Waals surface area (Å²) in [5, 5.41) is 1.62. The highest BCUT2D eigenvalue weighted by atomic mass is 16.3. The number of hydrogen-bond donors (Lipinski definition) is 0. The molecule has 0 fully saturated rings. The van der Waals surface area contributed by atoms with Gasteiger partial charge in [-0.15, -0.1) is 0 Å². The Bertz CT molecular complexity index is 3850. The predicted molar refractivity (Wildman–Crippen MR) is 216 cm³/mol. The zero-order valence-electron chi connectivity index (χ0n) is 45.4. The Balaban J connectivity index is 1.28. The van der Waals surface area contributed by atoms with Crippen LogP contribution in [0.4, 0.5) is 0 Å². The van der Waals surface area contributed by atoms with Gasteiger partial charge in [-0.1, -0.05) is 176 Å². The van der Waals surface area contributed by atoms with E-state index in [4.69, 9.17) is 22.2 Å². The third kappa shape index (κ3) is 4.94. The molecule has 51 heavy (non-hydrogen) atoms. The van der Waals surface area contributed by atoms with Crippen LogP contribution in [-0.2, 0) is 0 Å². The van der Waals surface area contributed by atoms with Gasteiger partial charge in [-0.2, -0.15) is 0 Å². The number of rotatable bonds is 5. The molecule has 1 nitrogen and oxygen atoms in total. The van der Waals surface area contributed by atoms with Gasteiger partial charge in [0.05, 0.1) is 26.0 Å². The molecule has 0 aliphatic heterocycles. The van der Waals surface area contributed by atoms with Crippen LogP contribution < -0.4 is 0 Å². The summed E-state index contributed by atoms with van der Waals surface area (Å²) in [5.74, 6) is 0. The van der Waals surface area contributed by atoms with Gasteiger partial charge in [0.2, 0.25) is 0 Å². The Morgan fingerprint density at radius 3 is 1.45 bits per heavy atom. The van der Waals surface area contributed by atoms with E-state index in [2.05, 4.69) is 0 Å². The van der Waals surface area contributed by atoms with E-state index < -0.39 is 119 Å². The van der Waals surface area contributed by atoms with E-state index in [1.54, 1.807) is 78.9 Å². The van der Waals surface area contributed by atoms with Gasteiger partial charge in [0.1, 0.15) is 11.2 Å². The topological polar surface area (TPSA) is 13.1 Å². The highest BCUT2D eigenvalue weighted by Crippen LogP contribution is 2.47. The van der Waals surface area contributed by atoms with Gasteiger partial charge in [0.25, 0.3) is 0 Å². The maximum absolute atomic E-state index is 9.56. The highest BCUT2D eigenvalue weighted by molar-refractivity contribution is 6.25. The lowest BCUT2D eigenvalue weighted by Crippen LogP contribution is -1.91. The van der Waals surface area contributed by atoms with Gasteiger partial charge < -0.3 is 4.42 Å². The zero-order valence-corrected chi connectivity index (χ0v) is 26.4. The molecule has 0 radical (unpaired) electrons. The second-order valence-electron chi connectivity index (χ2n) is 11.7. The van der Waals surface area contributed by atoms with E-state index in [0.29, 0.717) is 32.7 Å². The molecule has 1 aromatic heterocycles. The molecule has 1 heteroatoms. The smallest absolute Gasteiger partial charge is 0.136 e. The van der Waals surface area contributed by atoms with Crippen LogP contribution in [0.2, 0.25) is 0 Å². The molecule has 0 unspecified atom stereocenters. The third-order valence-corrected chi connectivity index (χ3v) is 8.82. The predicted octanol–water partition coefficient (Wildman–Crippen LogP) is 14.2. The van der Waals surface area contributed by atoms with Crippen LogP contribution in [0, 0.1) is 0 Å². The molecule has 0 aliphatic carbocycles. The summed E-state index contributed by atoms with van der Waals surface area (Å²) >= 11 is 0. The average molecular weight is 668 g/mol. The van der Waals surface area contributed by atoms with Crippen LogP contribution in [0.3, 0.4) is 0 Å². The number of fused-ring (bicyclic) bond motifs is 5. The molecule has 0 bridgehead atoms. The van der Waals surface area contributed by atoms with Crippen LogP contribution in [0.1, 0.15) is 26.0 Å². The maximum Gasteiger partial charge on any atom is 0.136 e. The van der Waals surface area contributed by atoms with Crippen molar-refractivity contribution in [1.29, 1.82) is 0 Å². The summed E-state index contributed by atoms with van der Waals surface area (Å²) in [6, 6.07) is 10.1. The molecule has 0 saturated heterocycles. The normalized spacial score (nSPS) is 16.7. The quantitative estimate of drug-likeness (QED) is 0.167. The van der Waals surface area contributed by atoms with Crippen LogP contribution >= 0.6 is 0 Å². The molecule has 10 rings (SSSR count). The van der Waals surface area contributed by atoms with E-state index in [1.807, 2.05) is 0 Å². The van der Waals surface area contributed by atoms with Crippen molar-refractivity contribution in [2.45, 2.75) is 0 Å². The van der Waals surface area contributed by atoms with Crippen molar-refractivity contribution in [2.24, 2.45) is 0 Å². The molecule has 0 N–H and O–H groups in total. The van der Waals surface area contributed by atoms with Gasteiger partial charge in [-0.25, -0.2) is 0 Å². The van der Waals surface area contributed by atoms with Crippen molar-refractivity contribution >= 4 is 43.5 Å². The average Bonchev–Trinajstić information content (AvgIpc) is 3.76. The SMILES string of the molecule is [2H]c1c([2H])c([2H])c(-c2c([2H])c([2H])c(-c3c([2H])c([2H])c(-c4c5ccccc5c(-c5c([2H])c([2H])c([2H])c6oc7c([2H])c([2H])c(-c8ccccc8)c([2H])c7c56)c5ccccc45)c([2H])c3[2H])c([2H])c2[2H])c([2H])c1[2H]. The molecule has 0 amide bonds. The molecule has 238 valence electrons. The Hall–Kier alpha value is -6.70. The molecule has 0 aliphatic rings. The molecule has 0 spiro atoms. The van der Waals surface area contributed by atoms with Gasteiger partial charge in [-0.05, 0) is 95.3 Å². The lowest BCUT2D eigenvalue weighted by atomic mass is 9.84. The van der Waals surface area contributed by atoms with Crippen LogP contribution in [0.25, 0.3) is 99.1 Å². The fourth-order valence-corrected chi connectivity index (χ4v) is 6.56. The van der Waals surface area contributed by atoms with E-state index >= 15 is 0 Å². The van der Waals surface area contributed by atoms with Crippen molar-refractivity contribution < 1.29 is 30.5 Å². The van der Waals surface area contributed by atoms with Crippen LogP contribution in [0.5, 0.6) is 0 Å². The van der Waals surface area contributed by atoms with Crippen molar-refractivity contribution in [3.05, 3.63) is 194 Å². The molecule has 1 heterocycles. The fraction of sp³-hybridized carbons (Fsp3) is 0. The fourth-order valence-electron chi connectivity index (χ4n) is 6.56. The number of furan rings is 1. The first kappa shape index (κ1) is 15.9. The first-order chi connectivity index (χ1) is 33.2. The van der Waals surface area contributed by atoms with Crippen molar-refractivity contribution in [1.82, 2.24) is 0 Å². The molecule has 9 aromatic carbocycles. The summed E-state index contributed by atoms with van der Waals surface area (Å²) in [5.41, 5.74) is -1.73. The zero-order chi connectivity index (χ0) is 50.3. The summed E-state index contributed by atoms with van der Waals surface area (Å²) < 4.78 is 176. The van der Waals surface area contributed by atoms with Gasteiger partial charge in [0, 0.05) is 10.8 Å². The number of benzene rings is 9. The van der Waals surface area contributed by atoms with Crippen molar-refractivity contribution in [3.63, 3.8) is 0 Å². The van der Waals surface area contributed by atoms with Crippen LogP contribution in [-0.4, -0.2) is 0 Å². The Labute approximate surface area is 323 Å². The van der Waals surface area contributed by atoms with E-state index in [9.17, 15) is 8.22 Å². The van der Waals surface area contributed by atoms with E-state index in [0.717, 1.165) is 0 Å². The molecular weight excluding hydrogens is 617 g/mol. The number of hydrogen-bond acceptors (Lipinski definition) is 1. The van der Waals surface area contributed by atoms with Gasteiger partial charge >= 0.3 is 0 Å². The first-order valence-corrected chi connectivity index (χ1v) is 16.0. The molecule has 0 atom stereocenters. The maximum atomic E-state index is 9.56.